The lowest BCUT2D eigenvalue weighted by Crippen LogP contribution is -2.34. The van der Waals surface area contributed by atoms with Gasteiger partial charge in [-0.2, -0.15) is 0 Å². The topological polar surface area (TPSA) is 83.4 Å². The Hall–Kier alpha value is -2.87. The molecule has 2 amide bonds. The van der Waals surface area contributed by atoms with E-state index in [1.807, 2.05) is 0 Å². The van der Waals surface area contributed by atoms with Gasteiger partial charge in [-0.1, -0.05) is 29.3 Å². The molecular weight excluding hydrogens is 433 g/mol. The molecule has 9 heteroatoms. The van der Waals surface area contributed by atoms with Crippen molar-refractivity contribution in [2.24, 2.45) is 0 Å². The number of carbonyl (C=O) groups is 2. The van der Waals surface area contributed by atoms with Gasteiger partial charge >= 0.3 is 0 Å². The van der Waals surface area contributed by atoms with E-state index in [4.69, 9.17) is 39.8 Å². The van der Waals surface area contributed by atoms with Crippen molar-refractivity contribution in [2.45, 2.75) is 6.54 Å². The van der Waals surface area contributed by atoms with Crippen LogP contribution in [-0.2, 0) is 6.54 Å². The highest BCUT2D eigenvalue weighted by molar-refractivity contribution is 7.80. The van der Waals surface area contributed by atoms with Gasteiger partial charge in [0, 0.05) is 16.3 Å². The van der Waals surface area contributed by atoms with Gasteiger partial charge in [-0.15, -0.1) is 0 Å². The van der Waals surface area contributed by atoms with Crippen LogP contribution in [0, 0.1) is 0 Å². The Balaban J connectivity index is 1.59. The van der Waals surface area contributed by atoms with Gasteiger partial charge in [0.15, 0.2) is 5.11 Å². The average molecular weight is 448 g/mol. The molecule has 3 N–H and O–H groups in total. The van der Waals surface area contributed by atoms with Crippen LogP contribution in [0.3, 0.4) is 0 Å². The molecule has 0 radical (unpaired) electrons. The number of rotatable bonds is 5. The number of thiocarbonyl (C=S) groups is 1. The van der Waals surface area contributed by atoms with Gasteiger partial charge in [0.25, 0.3) is 11.8 Å². The Labute approximate surface area is 182 Å². The van der Waals surface area contributed by atoms with Crippen LogP contribution in [0.5, 0.6) is 0 Å². The molecule has 1 heterocycles. The van der Waals surface area contributed by atoms with Crippen molar-refractivity contribution in [3.63, 3.8) is 0 Å². The SMILES string of the molecule is O=C(NCc1ccco1)c1cccc(NC(=S)NC(=O)c2ccc(Cl)cc2Cl)c1. The summed E-state index contributed by atoms with van der Waals surface area (Å²) in [5.41, 5.74) is 1.21. The Morgan fingerprint density at radius 3 is 2.55 bits per heavy atom. The number of halogens is 2. The Kier molecular flexibility index (Phi) is 6.87. The standard InChI is InChI=1S/C20H15Cl2N3O3S/c21-13-6-7-16(17(22)10-13)19(27)25-20(29)24-14-4-1-3-12(9-14)18(26)23-11-15-5-2-8-28-15/h1-10H,11H2,(H,23,26)(H2,24,25,27,29). The predicted octanol–water partition coefficient (Wildman–Crippen LogP) is 4.64. The van der Waals surface area contributed by atoms with Gasteiger partial charge in [-0.3, -0.25) is 14.9 Å². The molecule has 3 rings (SSSR count). The third kappa shape index (κ3) is 5.80. The smallest absolute Gasteiger partial charge is 0.258 e. The van der Waals surface area contributed by atoms with Crippen LogP contribution in [0.1, 0.15) is 26.5 Å². The molecule has 148 valence electrons. The van der Waals surface area contributed by atoms with Gasteiger partial charge in [-0.25, -0.2) is 0 Å². The summed E-state index contributed by atoms with van der Waals surface area (Å²) in [5.74, 6) is -0.0955. The fraction of sp³-hybridized carbons (Fsp3) is 0.0500. The van der Waals surface area contributed by atoms with Crippen molar-refractivity contribution in [1.29, 1.82) is 0 Å². The van der Waals surface area contributed by atoms with Crippen LogP contribution in [0.4, 0.5) is 5.69 Å². The number of hydrogen-bond donors (Lipinski definition) is 3. The minimum atomic E-state index is -0.475. The second kappa shape index (κ2) is 9.56. The molecular formula is C20H15Cl2N3O3S. The first kappa shape index (κ1) is 20.9. The monoisotopic (exact) mass is 447 g/mol. The molecule has 0 spiro atoms. The molecule has 6 nitrogen and oxygen atoms in total. The summed E-state index contributed by atoms with van der Waals surface area (Å²) in [4.78, 5) is 24.6. The third-order valence-electron chi connectivity index (χ3n) is 3.79. The highest BCUT2D eigenvalue weighted by atomic mass is 35.5. The molecule has 0 unspecified atom stereocenters. The zero-order valence-electron chi connectivity index (χ0n) is 14.9. The maximum absolute atomic E-state index is 12.3. The normalized spacial score (nSPS) is 10.3. The van der Waals surface area contributed by atoms with Crippen LogP contribution < -0.4 is 16.0 Å². The van der Waals surface area contributed by atoms with Crippen molar-refractivity contribution in [1.82, 2.24) is 10.6 Å². The summed E-state index contributed by atoms with van der Waals surface area (Å²) in [5, 5.41) is 8.87. The number of benzene rings is 2. The van der Waals surface area contributed by atoms with Gasteiger partial charge in [-0.05, 0) is 60.7 Å². The summed E-state index contributed by atoms with van der Waals surface area (Å²) >= 11 is 17.0. The minimum Gasteiger partial charge on any atom is -0.467 e. The summed E-state index contributed by atoms with van der Waals surface area (Å²) in [6.07, 6.45) is 1.54. The first-order chi connectivity index (χ1) is 13.9. The van der Waals surface area contributed by atoms with E-state index in [0.29, 0.717) is 22.0 Å². The fourth-order valence-corrected chi connectivity index (χ4v) is 3.13. The van der Waals surface area contributed by atoms with Crippen molar-refractivity contribution >= 4 is 58.0 Å². The number of furan rings is 1. The van der Waals surface area contributed by atoms with E-state index in [1.165, 1.54) is 12.1 Å². The van der Waals surface area contributed by atoms with Crippen molar-refractivity contribution in [3.05, 3.63) is 87.8 Å². The summed E-state index contributed by atoms with van der Waals surface area (Å²) in [6, 6.07) is 14.8. The fourth-order valence-electron chi connectivity index (χ4n) is 2.43. The molecule has 0 aliphatic carbocycles. The van der Waals surface area contributed by atoms with Gasteiger partial charge < -0.3 is 15.1 Å². The molecule has 0 atom stereocenters. The molecule has 0 fully saturated rings. The lowest BCUT2D eigenvalue weighted by atomic mass is 10.2. The highest BCUT2D eigenvalue weighted by Gasteiger charge is 2.13. The lowest BCUT2D eigenvalue weighted by molar-refractivity contribution is 0.0946. The first-order valence-corrected chi connectivity index (χ1v) is 9.57. The summed E-state index contributed by atoms with van der Waals surface area (Å²) in [6.45, 7) is 0.278. The van der Waals surface area contributed by atoms with E-state index in [0.717, 1.165) is 0 Å². The number of hydrogen-bond acceptors (Lipinski definition) is 4. The van der Waals surface area contributed by atoms with Gasteiger partial charge in [0.05, 0.1) is 23.4 Å². The molecule has 2 aromatic carbocycles. The van der Waals surface area contributed by atoms with E-state index >= 15 is 0 Å². The third-order valence-corrected chi connectivity index (χ3v) is 4.54. The van der Waals surface area contributed by atoms with Crippen LogP contribution >= 0.6 is 35.4 Å². The van der Waals surface area contributed by atoms with Crippen molar-refractivity contribution in [2.75, 3.05) is 5.32 Å². The van der Waals surface area contributed by atoms with Crippen LogP contribution in [0.2, 0.25) is 10.0 Å². The summed E-state index contributed by atoms with van der Waals surface area (Å²) in [7, 11) is 0. The van der Waals surface area contributed by atoms with Gasteiger partial charge in [0.1, 0.15) is 5.76 Å². The molecule has 0 saturated heterocycles. The maximum Gasteiger partial charge on any atom is 0.258 e. The van der Waals surface area contributed by atoms with Gasteiger partial charge in [0.2, 0.25) is 0 Å². The first-order valence-electron chi connectivity index (χ1n) is 8.40. The molecule has 0 saturated carbocycles. The maximum atomic E-state index is 12.3. The second-order valence-electron chi connectivity index (χ2n) is 5.88. The Morgan fingerprint density at radius 1 is 1.00 bits per heavy atom. The lowest BCUT2D eigenvalue weighted by Gasteiger charge is -2.11. The molecule has 1 aromatic heterocycles. The quantitative estimate of drug-likeness (QED) is 0.496. The zero-order valence-corrected chi connectivity index (χ0v) is 17.2. The molecule has 0 bridgehead atoms. The highest BCUT2D eigenvalue weighted by Crippen LogP contribution is 2.21. The Morgan fingerprint density at radius 2 is 1.83 bits per heavy atom. The zero-order chi connectivity index (χ0) is 20.8. The van der Waals surface area contributed by atoms with E-state index in [1.54, 1.807) is 48.7 Å². The molecule has 0 aliphatic heterocycles. The number of carbonyl (C=O) groups excluding carboxylic acids is 2. The van der Waals surface area contributed by atoms with E-state index in [9.17, 15) is 9.59 Å². The van der Waals surface area contributed by atoms with Crippen LogP contribution in [0.15, 0.2) is 65.3 Å². The number of amides is 2. The largest absolute Gasteiger partial charge is 0.467 e. The second-order valence-corrected chi connectivity index (χ2v) is 7.13. The molecule has 0 aliphatic rings. The molecule has 29 heavy (non-hydrogen) atoms. The summed E-state index contributed by atoms with van der Waals surface area (Å²) < 4.78 is 5.18. The van der Waals surface area contributed by atoms with Crippen molar-refractivity contribution < 1.29 is 14.0 Å². The number of nitrogens with one attached hydrogen (secondary N) is 3. The number of anilines is 1. The van der Waals surface area contributed by atoms with E-state index in [-0.39, 0.29) is 28.2 Å². The van der Waals surface area contributed by atoms with Crippen molar-refractivity contribution in [3.8, 4) is 0 Å². The van der Waals surface area contributed by atoms with Crippen LogP contribution in [-0.4, -0.2) is 16.9 Å². The van der Waals surface area contributed by atoms with Crippen LogP contribution in [0.25, 0.3) is 0 Å². The molecule has 3 aromatic rings. The average Bonchev–Trinajstić information content (AvgIpc) is 3.19. The van der Waals surface area contributed by atoms with E-state index < -0.39 is 5.91 Å². The minimum absolute atomic E-state index is 0.0640. The van der Waals surface area contributed by atoms with E-state index in [2.05, 4.69) is 16.0 Å². The predicted molar refractivity (Wildman–Crippen MR) is 116 cm³/mol. The Bertz CT molecular complexity index is 1050.